The molecule has 0 radical (unpaired) electrons. The number of hydrogen-bond acceptors (Lipinski definition) is 3. The first-order valence-electron chi connectivity index (χ1n) is 6.57. The number of para-hydroxylation sites is 1. The van der Waals surface area contributed by atoms with E-state index in [1.54, 1.807) is 6.92 Å². The van der Waals surface area contributed by atoms with Crippen LogP contribution in [0.25, 0.3) is 0 Å². The van der Waals surface area contributed by atoms with Crippen LogP contribution in [0, 0.1) is 12.7 Å². The number of amides is 1. The van der Waals surface area contributed by atoms with Gasteiger partial charge in [-0.1, -0.05) is 12.1 Å². The predicted molar refractivity (Wildman–Crippen MR) is 74.9 cm³/mol. The normalized spacial score (nSPS) is 12.3. The number of halogens is 1. The predicted octanol–water partition coefficient (Wildman–Crippen LogP) is 2.79. The molecule has 1 heterocycles. The summed E-state index contributed by atoms with van der Waals surface area (Å²) >= 11 is 0. The molecule has 1 aliphatic heterocycles. The molecule has 0 fully saturated rings. The van der Waals surface area contributed by atoms with Crippen molar-refractivity contribution in [1.82, 2.24) is 5.32 Å². The molecule has 0 bridgehead atoms. The molecule has 5 heteroatoms. The second-order valence-electron chi connectivity index (χ2n) is 4.80. The van der Waals surface area contributed by atoms with E-state index in [0.29, 0.717) is 29.2 Å². The van der Waals surface area contributed by atoms with Crippen molar-refractivity contribution < 1.29 is 18.7 Å². The van der Waals surface area contributed by atoms with Gasteiger partial charge in [0.05, 0.1) is 0 Å². The molecule has 0 spiro atoms. The van der Waals surface area contributed by atoms with E-state index >= 15 is 0 Å². The fraction of sp³-hybridized carbons (Fsp3) is 0.188. The average Bonchev–Trinajstić information content (AvgIpc) is 2.96. The van der Waals surface area contributed by atoms with Crippen molar-refractivity contribution in [3.05, 3.63) is 58.9 Å². The topological polar surface area (TPSA) is 47.6 Å². The third-order valence-corrected chi connectivity index (χ3v) is 3.34. The Labute approximate surface area is 121 Å². The summed E-state index contributed by atoms with van der Waals surface area (Å²) in [5, 5.41) is 2.79. The molecule has 1 amide bonds. The molecule has 1 aliphatic rings. The molecule has 0 unspecified atom stereocenters. The summed E-state index contributed by atoms with van der Waals surface area (Å²) in [5.74, 6) is 0.764. The third-order valence-electron chi connectivity index (χ3n) is 3.34. The summed E-state index contributed by atoms with van der Waals surface area (Å²) in [6, 6.07) is 9.81. The lowest BCUT2D eigenvalue weighted by atomic mass is 10.1. The Bertz CT molecular complexity index is 700. The summed E-state index contributed by atoms with van der Waals surface area (Å²) in [4.78, 5) is 12.1. The Balaban J connectivity index is 1.72. The summed E-state index contributed by atoms with van der Waals surface area (Å²) in [7, 11) is 0. The van der Waals surface area contributed by atoms with Gasteiger partial charge in [-0.25, -0.2) is 4.39 Å². The summed E-state index contributed by atoms with van der Waals surface area (Å²) < 4.78 is 23.9. The minimum atomic E-state index is -0.321. The second-order valence-corrected chi connectivity index (χ2v) is 4.80. The Kier molecular flexibility index (Phi) is 3.48. The molecule has 2 aromatic rings. The maximum atomic E-state index is 13.2. The molecule has 0 aliphatic carbocycles. The average molecular weight is 287 g/mol. The summed E-state index contributed by atoms with van der Waals surface area (Å²) in [6.07, 6.45) is 0. The molecule has 0 saturated carbocycles. The van der Waals surface area contributed by atoms with Gasteiger partial charge in [0, 0.05) is 17.7 Å². The SMILES string of the molecule is Cc1cc(C(=O)NCc2cccc3c2OCO3)ccc1F. The van der Waals surface area contributed by atoms with Gasteiger partial charge in [-0.05, 0) is 36.8 Å². The zero-order valence-electron chi connectivity index (χ0n) is 11.5. The maximum Gasteiger partial charge on any atom is 0.251 e. The van der Waals surface area contributed by atoms with Gasteiger partial charge in [0.1, 0.15) is 5.82 Å². The van der Waals surface area contributed by atoms with Crippen LogP contribution in [0.2, 0.25) is 0 Å². The first-order chi connectivity index (χ1) is 10.1. The third kappa shape index (κ3) is 2.67. The number of fused-ring (bicyclic) bond motifs is 1. The smallest absolute Gasteiger partial charge is 0.251 e. The standard InChI is InChI=1S/C16H14FNO3/c1-10-7-11(5-6-13(10)17)16(19)18-8-12-3-2-4-14-15(12)21-9-20-14/h2-7H,8-9H2,1H3,(H,18,19). The number of rotatable bonds is 3. The number of carbonyl (C=O) groups is 1. The van der Waals surface area contributed by atoms with Crippen molar-refractivity contribution in [3.63, 3.8) is 0 Å². The van der Waals surface area contributed by atoms with Crippen molar-refractivity contribution in [1.29, 1.82) is 0 Å². The summed E-state index contributed by atoms with van der Waals surface area (Å²) in [6.45, 7) is 2.14. The fourth-order valence-electron chi connectivity index (χ4n) is 2.19. The maximum absolute atomic E-state index is 13.2. The van der Waals surface area contributed by atoms with Gasteiger partial charge >= 0.3 is 0 Å². The highest BCUT2D eigenvalue weighted by atomic mass is 19.1. The van der Waals surface area contributed by atoms with E-state index in [0.717, 1.165) is 5.56 Å². The van der Waals surface area contributed by atoms with E-state index in [4.69, 9.17) is 9.47 Å². The van der Waals surface area contributed by atoms with Crippen LogP contribution in [-0.2, 0) is 6.54 Å². The lowest BCUT2D eigenvalue weighted by Crippen LogP contribution is -2.23. The van der Waals surface area contributed by atoms with E-state index in [1.165, 1.54) is 18.2 Å². The van der Waals surface area contributed by atoms with E-state index in [-0.39, 0.29) is 18.5 Å². The zero-order chi connectivity index (χ0) is 14.8. The quantitative estimate of drug-likeness (QED) is 0.944. The molecule has 3 rings (SSSR count). The monoisotopic (exact) mass is 287 g/mol. The molecule has 108 valence electrons. The number of benzene rings is 2. The van der Waals surface area contributed by atoms with Crippen molar-refractivity contribution in [3.8, 4) is 11.5 Å². The Hall–Kier alpha value is -2.56. The highest BCUT2D eigenvalue weighted by Crippen LogP contribution is 2.35. The minimum absolute atomic E-state index is 0.192. The largest absolute Gasteiger partial charge is 0.454 e. The van der Waals surface area contributed by atoms with E-state index < -0.39 is 0 Å². The number of ether oxygens (including phenoxy) is 2. The van der Waals surface area contributed by atoms with Crippen LogP contribution in [0.3, 0.4) is 0 Å². The molecule has 4 nitrogen and oxygen atoms in total. The lowest BCUT2D eigenvalue weighted by molar-refractivity contribution is 0.0950. The lowest BCUT2D eigenvalue weighted by Gasteiger charge is -2.08. The molecule has 0 saturated heterocycles. The van der Waals surface area contributed by atoms with Gasteiger partial charge in [0.2, 0.25) is 6.79 Å². The van der Waals surface area contributed by atoms with E-state index in [9.17, 15) is 9.18 Å². The van der Waals surface area contributed by atoms with Crippen LogP contribution in [0.15, 0.2) is 36.4 Å². The second kappa shape index (κ2) is 5.44. The van der Waals surface area contributed by atoms with Crippen molar-refractivity contribution in [2.45, 2.75) is 13.5 Å². The number of nitrogens with one attached hydrogen (secondary N) is 1. The van der Waals surface area contributed by atoms with E-state index in [2.05, 4.69) is 5.32 Å². The fourth-order valence-corrected chi connectivity index (χ4v) is 2.19. The van der Waals surface area contributed by atoms with Crippen LogP contribution < -0.4 is 14.8 Å². The Morgan fingerprint density at radius 1 is 1.29 bits per heavy atom. The first kappa shape index (κ1) is 13.4. The molecular formula is C16H14FNO3. The van der Waals surface area contributed by atoms with Gasteiger partial charge in [0.15, 0.2) is 11.5 Å². The van der Waals surface area contributed by atoms with Crippen LogP contribution in [0.5, 0.6) is 11.5 Å². The van der Waals surface area contributed by atoms with Gasteiger partial charge < -0.3 is 14.8 Å². The van der Waals surface area contributed by atoms with Crippen molar-refractivity contribution >= 4 is 5.91 Å². The van der Waals surface area contributed by atoms with Gasteiger partial charge in [-0.3, -0.25) is 4.79 Å². The van der Waals surface area contributed by atoms with Gasteiger partial charge in [-0.2, -0.15) is 0 Å². The molecule has 21 heavy (non-hydrogen) atoms. The highest BCUT2D eigenvalue weighted by Gasteiger charge is 2.17. The molecular weight excluding hydrogens is 273 g/mol. The molecule has 2 aromatic carbocycles. The molecule has 0 atom stereocenters. The minimum Gasteiger partial charge on any atom is -0.454 e. The number of aryl methyl sites for hydroxylation is 1. The number of hydrogen-bond donors (Lipinski definition) is 1. The highest BCUT2D eigenvalue weighted by molar-refractivity contribution is 5.94. The van der Waals surface area contributed by atoms with Crippen LogP contribution >= 0.6 is 0 Å². The van der Waals surface area contributed by atoms with Gasteiger partial charge in [-0.15, -0.1) is 0 Å². The number of carbonyl (C=O) groups excluding carboxylic acids is 1. The van der Waals surface area contributed by atoms with Crippen LogP contribution in [0.4, 0.5) is 4.39 Å². The van der Waals surface area contributed by atoms with E-state index in [1.807, 2.05) is 18.2 Å². The van der Waals surface area contributed by atoms with Crippen molar-refractivity contribution in [2.24, 2.45) is 0 Å². The first-order valence-corrected chi connectivity index (χ1v) is 6.57. The zero-order valence-corrected chi connectivity index (χ0v) is 11.5. The van der Waals surface area contributed by atoms with Crippen molar-refractivity contribution in [2.75, 3.05) is 6.79 Å². The molecule has 1 N–H and O–H groups in total. The van der Waals surface area contributed by atoms with Crippen LogP contribution in [0.1, 0.15) is 21.5 Å². The summed E-state index contributed by atoms with van der Waals surface area (Å²) in [5.41, 5.74) is 1.72. The van der Waals surface area contributed by atoms with Gasteiger partial charge in [0.25, 0.3) is 5.91 Å². The Morgan fingerprint density at radius 3 is 2.95 bits per heavy atom. The van der Waals surface area contributed by atoms with Crippen LogP contribution in [-0.4, -0.2) is 12.7 Å². The molecule has 0 aromatic heterocycles. The Morgan fingerprint density at radius 2 is 2.14 bits per heavy atom.